The number of benzene rings is 3. The number of rotatable bonds is 6. The highest BCUT2D eigenvalue weighted by Gasteiger charge is 2.31. The minimum Gasteiger partial charge on any atom is -0.478 e. The van der Waals surface area contributed by atoms with Crippen molar-refractivity contribution in [1.29, 1.82) is 0 Å². The molecule has 0 saturated carbocycles. The van der Waals surface area contributed by atoms with Crippen LogP contribution >= 0.6 is 7.14 Å². The zero-order valence-electron chi connectivity index (χ0n) is 14.9. The van der Waals surface area contributed by atoms with E-state index in [-0.39, 0.29) is 32.6 Å². The fourth-order valence-corrected chi connectivity index (χ4v) is 5.70. The van der Waals surface area contributed by atoms with Crippen LogP contribution in [-0.2, 0) is 4.57 Å². The molecule has 0 heterocycles. The SMILES string of the molecule is O=C(O)c1cccc(P(=O)(c2cccc(C(=O)O)c2)c2cccc(C(=O)O)c2)c1. The average Bonchev–Trinajstić information content (AvgIpc) is 2.73. The van der Waals surface area contributed by atoms with E-state index in [1.807, 2.05) is 0 Å². The average molecular weight is 410 g/mol. The van der Waals surface area contributed by atoms with Crippen LogP contribution in [-0.4, -0.2) is 33.2 Å². The molecule has 7 nitrogen and oxygen atoms in total. The quantitative estimate of drug-likeness (QED) is 0.532. The first-order valence-corrected chi connectivity index (χ1v) is 10.1. The zero-order chi connectivity index (χ0) is 21.2. The topological polar surface area (TPSA) is 129 Å². The maximum absolute atomic E-state index is 14.4. The molecule has 0 aliphatic carbocycles. The predicted molar refractivity (Wildman–Crippen MR) is 107 cm³/mol. The van der Waals surface area contributed by atoms with E-state index in [0.29, 0.717) is 0 Å². The molecule has 3 aromatic carbocycles. The van der Waals surface area contributed by atoms with Gasteiger partial charge in [0.15, 0.2) is 7.14 Å². The summed E-state index contributed by atoms with van der Waals surface area (Å²) in [7, 11) is -3.77. The third kappa shape index (κ3) is 3.81. The van der Waals surface area contributed by atoms with Crippen LogP contribution in [0.25, 0.3) is 0 Å². The Labute approximate surface area is 165 Å². The molecule has 0 aliphatic heterocycles. The maximum Gasteiger partial charge on any atom is 0.335 e. The van der Waals surface area contributed by atoms with E-state index in [4.69, 9.17) is 0 Å². The second-order valence-corrected chi connectivity index (χ2v) is 8.94. The Morgan fingerprint density at radius 1 is 0.552 bits per heavy atom. The number of carboxylic acids is 3. The molecule has 0 fully saturated rings. The minimum absolute atomic E-state index is 0.0912. The highest BCUT2D eigenvalue weighted by atomic mass is 31.2. The number of carboxylic acid groups (broad SMARTS) is 3. The van der Waals surface area contributed by atoms with Crippen LogP contribution in [0.3, 0.4) is 0 Å². The minimum atomic E-state index is -3.77. The number of carbonyl (C=O) groups is 3. The third-order valence-corrected chi connectivity index (χ3v) is 7.39. The van der Waals surface area contributed by atoms with Gasteiger partial charge in [-0.15, -0.1) is 0 Å². The molecular formula is C21H15O7P. The number of hydrogen-bond acceptors (Lipinski definition) is 4. The summed E-state index contributed by atoms with van der Waals surface area (Å²) >= 11 is 0. The van der Waals surface area contributed by atoms with Crippen molar-refractivity contribution in [3.05, 3.63) is 89.5 Å². The van der Waals surface area contributed by atoms with Gasteiger partial charge in [-0.1, -0.05) is 36.4 Å². The molecule has 0 bridgehead atoms. The van der Waals surface area contributed by atoms with Gasteiger partial charge in [0, 0.05) is 15.9 Å². The van der Waals surface area contributed by atoms with Crippen LogP contribution in [0.1, 0.15) is 31.1 Å². The van der Waals surface area contributed by atoms with Gasteiger partial charge < -0.3 is 19.9 Å². The van der Waals surface area contributed by atoms with E-state index in [1.54, 1.807) is 0 Å². The summed E-state index contributed by atoms with van der Waals surface area (Å²) in [6.45, 7) is 0. The van der Waals surface area contributed by atoms with Crippen molar-refractivity contribution in [3.63, 3.8) is 0 Å². The van der Waals surface area contributed by atoms with Crippen LogP contribution < -0.4 is 15.9 Å². The van der Waals surface area contributed by atoms with Crippen molar-refractivity contribution in [2.45, 2.75) is 0 Å². The van der Waals surface area contributed by atoms with Gasteiger partial charge >= 0.3 is 17.9 Å². The van der Waals surface area contributed by atoms with Crippen molar-refractivity contribution in [2.75, 3.05) is 0 Å². The standard InChI is InChI=1S/C21H15O7P/c22-19(23)13-4-1-7-16(10-13)29(28,17-8-2-5-14(11-17)20(24)25)18-9-3-6-15(12-18)21(26)27/h1-12H,(H,22,23)(H,24,25)(H,26,27). The highest BCUT2D eigenvalue weighted by Crippen LogP contribution is 2.42. The van der Waals surface area contributed by atoms with E-state index in [2.05, 4.69) is 0 Å². The monoisotopic (exact) mass is 410 g/mol. The molecule has 3 rings (SSSR count). The van der Waals surface area contributed by atoms with Crippen molar-refractivity contribution in [1.82, 2.24) is 0 Å². The summed E-state index contributed by atoms with van der Waals surface area (Å²) in [5, 5.41) is 28.4. The Bertz CT molecular complexity index is 1040. The molecule has 0 aliphatic rings. The number of aromatic carboxylic acids is 3. The molecular weight excluding hydrogens is 395 g/mol. The molecule has 0 spiro atoms. The van der Waals surface area contributed by atoms with E-state index in [1.165, 1.54) is 72.8 Å². The van der Waals surface area contributed by atoms with Crippen LogP contribution in [0.5, 0.6) is 0 Å². The predicted octanol–water partition coefficient (Wildman–Crippen LogP) is 2.42. The van der Waals surface area contributed by atoms with E-state index < -0.39 is 25.0 Å². The van der Waals surface area contributed by atoms with Gasteiger partial charge in [-0.2, -0.15) is 0 Å². The summed E-state index contributed by atoms with van der Waals surface area (Å²) in [6, 6.07) is 16.6. The second kappa shape index (κ2) is 7.73. The van der Waals surface area contributed by atoms with Gasteiger partial charge in [0.25, 0.3) is 0 Å². The lowest BCUT2D eigenvalue weighted by Gasteiger charge is -2.21. The van der Waals surface area contributed by atoms with Crippen molar-refractivity contribution in [3.8, 4) is 0 Å². The molecule has 8 heteroatoms. The first kappa shape index (κ1) is 20.0. The second-order valence-electron chi connectivity index (χ2n) is 6.18. The van der Waals surface area contributed by atoms with Crippen molar-refractivity contribution < 1.29 is 34.3 Å². The first-order valence-electron chi connectivity index (χ1n) is 8.35. The Kier molecular flexibility index (Phi) is 5.35. The Balaban J connectivity index is 2.34. The van der Waals surface area contributed by atoms with Gasteiger partial charge in [-0.25, -0.2) is 14.4 Å². The van der Waals surface area contributed by atoms with Crippen LogP contribution in [0.2, 0.25) is 0 Å². The number of hydrogen-bond donors (Lipinski definition) is 3. The summed E-state index contributed by atoms with van der Waals surface area (Å²) < 4.78 is 14.4. The molecule has 0 atom stereocenters. The van der Waals surface area contributed by atoms with Gasteiger partial charge in [0.05, 0.1) is 16.7 Å². The van der Waals surface area contributed by atoms with Crippen LogP contribution in [0, 0.1) is 0 Å². The van der Waals surface area contributed by atoms with Crippen molar-refractivity contribution >= 4 is 41.0 Å². The van der Waals surface area contributed by atoms with E-state index >= 15 is 0 Å². The van der Waals surface area contributed by atoms with Gasteiger partial charge in [-0.05, 0) is 36.4 Å². The molecule has 0 radical (unpaired) electrons. The van der Waals surface area contributed by atoms with Gasteiger partial charge in [-0.3, -0.25) is 0 Å². The Morgan fingerprint density at radius 3 is 1.07 bits per heavy atom. The Morgan fingerprint density at radius 2 is 0.828 bits per heavy atom. The fourth-order valence-electron chi connectivity index (χ4n) is 2.95. The molecule has 146 valence electrons. The lowest BCUT2D eigenvalue weighted by Crippen LogP contribution is -2.27. The summed E-state index contributed by atoms with van der Waals surface area (Å²) in [4.78, 5) is 34.2. The lowest BCUT2D eigenvalue weighted by molar-refractivity contribution is 0.0686. The Hall–Kier alpha value is -3.70. The largest absolute Gasteiger partial charge is 0.478 e. The molecule has 29 heavy (non-hydrogen) atoms. The summed E-state index contributed by atoms with van der Waals surface area (Å²) in [6.07, 6.45) is 0. The smallest absolute Gasteiger partial charge is 0.335 e. The van der Waals surface area contributed by atoms with E-state index in [0.717, 1.165) is 0 Å². The van der Waals surface area contributed by atoms with E-state index in [9.17, 15) is 34.3 Å². The highest BCUT2D eigenvalue weighted by molar-refractivity contribution is 7.85. The molecule has 0 aromatic heterocycles. The lowest BCUT2D eigenvalue weighted by atomic mass is 10.2. The zero-order valence-corrected chi connectivity index (χ0v) is 15.7. The fraction of sp³-hybridized carbons (Fsp3) is 0. The maximum atomic E-state index is 14.4. The molecule has 0 saturated heterocycles. The first-order chi connectivity index (χ1) is 13.7. The van der Waals surface area contributed by atoms with Gasteiger partial charge in [0.1, 0.15) is 0 Å². The van der Waals surface area contributed by atoms with Crippen LogP contribution in [0.15, 0.2) is 72.8 Å². The van der Waals surface area contributed by atoms with Crippen LogP contribution in [0.4, 0.5) is 0 Å². The van der Waals surface area contributed by atoms with Crippen molar-refractivity contribution in [2.24, 2.45) is 0 Å². The normalized spacial score (nSPS) is 11.0. The molecule has 0 unspecified atom stereocenters. The summed E-state index contributed by atoms with van der Waals surface area (Å²) in [5.74, 6) is -3.63. The molecule has 0 amide bonds. The third-order valence-electron chi connectivity index (χ3n) is 4.37. The molecule has 3 N–H and O–H groups in total. The van der Waals surface area contributed by atoms with Gasteiger partial charge in [0.2, 0.25) is 0 Å². The summed E-state index contributed by atoms with van der Waals surface area (Å²) in [5.41, 5.74) is -0.274. The molecule has 3 aromatic rings.